The SMILES string of the molecule is O=C(O)C1C(=O)C2C3CCC(C3)C12. The fourth-order valence-electron chi connectivity index (χ4n) is 3.80. The van der Waals surface area contributed by atoms with Crippen molar-refractivity contribution in [2.24, 2.45) is 29.6 Å². The number of carboxylic acid groups (broad SMARTS) is 1. The third-order valence-corrected chi connectivity index (χ3v) is 4.27. The Balaban J connectivity index is 1.91. The molecular weight excluding hydrogens is 168 g/mol. The minimum atomic E-state index is -0.890. The van der Waals surface area contributed by atoms with Crippen LogP contribution >= 0.6 is 0 Å². The Kier molecular flexibility index (Phi) is 1.24. The minimum Gasteiger partial charge on any atom is -0.481 e. The summed E-state index contributed by atoms with van der Waals surface area (Å²) in [4.78, 5) is 22.3. The van der Waals surface area contributed by atoms with Crippen LogP contribution in [0.1, 0.15) is 19.3 Å². The largest absolute Gasteiger partial charge is 0.481 e. The summed E-state index contributed by atoms with van der Waals surface area (Å²) >= 11 is 0. The molecule has 2 bridgehead atoms. The summed E-state index contributed by atoms with van der Waals surface area (Å²) in [5, 5.41) is 8.86. The molecule has 0 spiro atoms. The first-order valence-corrected chi connectivity index (χ1v) is 4.96. The van der Waals surface area contributed by atoms with Crippen LogP contribution in [0.5, 0.6) is 0 Å². The highest BCUT2D eigenvalue weighted by molar-refractivity contribution is 6.05. The van der Waals surface area contributed by atoms with E-state index in [0.29, 0.717) is 11.8 Å². The van der Waals surface area contributed by atoms with Gasteiger partial charge in [0.25, 0.3) is 0 Å². The molecule has 0 aromatic carbocycles. The van der Waals surface area contributed by atoms with Gasteiger partial charge in [-0.25, -0.2) is 0 Å². The van der Waals surface area contributed by atoms with E-state index in [1.165, 1.54) is 0 Å². The van der Waals surface area contributed by atoms with Crippen LogP contribution in [0.2, 0.25) is 0 Å². The van der Waals surface area contributed by atoms with Crippen LogP contribution in [0.15, 0.2) is 0 Å². The van der Waals surface area contributed by atoms with Crippen molar-refractivity contribution < 1.29 is 14.7 Å². The molecule has 3 saturated carbocycles. The zero-order valence-electron chi connectivity index (χ0n) is 7.27. The number of carbonyl (C=O) groups is 2. The van der Waals surface area contributed by atoms with E-state index >= 15 is 0 Å². The van der Waals surface area contributed by atoms with E-state index in [9.17, 15) is 9.59 Å². The molecule has 3 aliphatic carbocycles. The van der Waals surface area contributed by atoms with E-state index in [0.717, 1.165) is 19.3 Å². The highest BCUT2D eigenvalue weighted by Gasteiger charge is 2.65. The molecule has 0 amide bonds. The second kappa shape index (κ2) is 2.14. The molecule has 0 aliphatic heterocycles. The van der Waals surface area contributed by atoms with Crippen LogP contribution < -0.4 is 0 Å². The summed E-state index contributed by atoms with van der Waals surface area (Å²) < 4.78 is 0. The van der Waals surface area contributed by atoms with Gasteiger partial charge in [0.05, 0.1) is 0 Å². The topological polar surface area (TPSA) is 54.4 Å². The fourth-order valence-corrected chi connectivity index (χ4v) is 3.80. The van der Waals surface area contributed by atoms with Gasteiger partial charge in [-0.2, -0.15) is 0 Å². The predicted octanol–water partition coefficient (Wildman–Crippen LogP) is 0.932. The molecule has 0 aromatic heterocycles. The molecule has 5 atom stereocenters. The van der Waals surface area contributed by atoms with E-state index < -0.39 is 11.9 Å². The van der Waals surface area contributed by atoms with Crippen LogP contribution in [0.25, 0.3) is 0 Å². The van der Waals surface area contributed by atoms with Crippen LogP contribution in [-0.2, 0) is 9.59 Å². The summed E-state index contributed by atoms with van der Waals surface area (Å²) in [7, 11) is 0. The standard InChI is InChI=1S/C10H12O3/c11-9-7-5-2-1-4(3-5)6(7)8(9)10(12)13/h4-8H,1-3H2,(H,12,13). The third-order valence-electron chi connectivity index (χ3n) is 4.27. The molecule has 0 radical (unpaired) electrons. The molecule has 3 rings (SSSR count). The zero-order valence-corrected chi connectivity index (χ0v) is 7.27. The van der Waals surface area contributed by atoms with Crippen LogP contribution in [0, 0.1) is 29.6 Å². The zero-order chi connectivity index (χ0) is 9.16. The van der Waals surface area contributed by atoms with Crippen molar-refractivity contribution in [1.29, 1.82) is 0 Å². The van der Waals surface area contributed by atoms with Crippen molar-refractivity contribution in [3.05, 3.63) is 0 Å². The lowest BCUT2D eigenvalue weighted by atomic mass is 9.58. The second-order valence-corrected chi connectivity index (χ2v) is 4.65. The lowest BCUT2D eigenvalue weighted by Gasteiger charge is -2.43. The van der Waals surface area contributed by atoms with Crippen molar-refractivity contribution in [2.45, 2.75) is 19.3 Å². The van der Waals surface area contributed by atoms with Gasteiger partial charge in [-0.15, -0.1) is 0 Å². The number of hydrogen-bond donors (Lipinski definition) is 1. The Hall–Kier alpha value is -0.860. The molecule has 0 heterocycles. The number of ketones is 1. The number of carbonyl (C=O) groups excluding carboxylic acids is 1. The van der Waals surface area contributed by atoms with Crippen molar-refractivity contribution >= 4 is 11.8 Å². The van der Waals surface area contributed by atoms with Gasteiger partial charge >= 0.3 is 5.97 Å². The Bertz CT molecular complexity index is 297. The van der Waals surface area contributed by atoms with Crippen molar-refractivity contribution in [2.75, 3.05) is 0 Å². The van der Waals surface area contributed by atoms with Crippen LogP contribution in [0.4, 0.5) is 0 Å². The van der Waals surface area contributed by atoms with E-state index in [-0.39, 0.29) is 17.6 Å². The van der Waals surface area contributed by atoms with E-state index in [2.05, 4.69) is 0 Å². The molecule has 5 unspecified atom stereocenters. The van der Waals surface area contributed by atoms with Crippen molar-refractivity contribution in [3.63, 3.8) is 0 Å². The third kappa shape index (κ3) is 0.713. The van der Waals surface area contributed by atoms with Crippen molar-refractivity contribution in [1.82, 2.24) is 0 Å². The number of rotatable bonds is 1. The molecule has 3 heteroatoms. The molecule has 3 nitrogen and oxygen atoms in total. The van der Waals surface area contributed by atoms with E-state index in [1.54, 1.807) is 0 Å². The Morgan fingerprint density at radius 2 is 2.00 bits per heavy atom. The maximum atomic E-state index is 11.5. The Morgan fingerprint density at radius 1 is 1.31 bits per heavy atom. The summed E-state index contributed by atoms with van der Waals surface area (Å²) in [5.41, 5.74) is 0. The molecule has 0 saturated heterocycles. The Morgan fingerprint density at radius 3 is 2.69 bits per heavy atom. The van der Waals surface area contributed by atoms with Gasteiger partial charge in [0.1, 0.15) is 5.92 Å². The highest BCUT2D eigenvalue weighted by atomic mass is 16.4. The molecule has 3 fully saturated rings. The van der Waals surface area contributed by atoms with Crippen LogP contribution in [0.3, 0.4) is 0 Å². The number of fused-ring (bicyclic) bond motifs is 5. The van der Waals surface area contributed by atoms with Gasteiger partial charge in [0.2, 0.25) is 0 Å². The van der Waals surface area contributed by atoms with Gasteiger partial charge in [-0.05, 0) is 37.0 Å². The average molecular weight is 180 g/mol. The lowest BCUT2D eigenvalue weighted by Crippen LogP contribution is -2.54. The summed E-state index contributed by atoms with van der Waals surface area (Å²) in [6.45, 7) is 0. The number of aliphatic carboxylic acids is 1. The van der Waals surface area contributed by atoms with Gasteiger partial charge < -0.3 is 5.11 Å². The quantitative estimate of drug-likeness (QED) is 0.611. The normalized spacial score (nSPS) is 51.7. The number of carboxylic acids is 1. The van der Waals surface area contributed by atoms with Crippen molar-refractivity contribution in [3.8, 4) is 0 Å². The molecule has 0 aromatic rings. The smallest absolute Gasteiger partial charge is 0.314 e. The summed E-state index contributed by atoms with van der Waals surface area (Å²) in [6.07, 6.45) is 3.43. The maximum Gasteiger partial charge on any atom is 0.314 e. The maximum absolute atomic E-state index is 11.5. The number of hydrogen-bond acceptors (Lipinski definition) is 2. The summed E-state index contributed by atoms with van der Waals surface area (Å²) in [5.74, 6) is -0.0701. The van der Waals surface area contributed by atoms with Crippen LogP contribution in [-0.4, -0.2) is 16.9 Å². The lowest BCUT2D eigenvalue weighted by molar-refractivity contribution is -0.164. The molecular formula is C10H12O3. The van der Waals surface area contributed by atoms with E-state index in [1.807, 2.05) is 0 Å². The fraction of sp³-hybridized carbons (Fsp3) is 0.800. The molecule has 1 N–H and O–H groups in total. The average Bonchev–Trinajstić information content (AvgIpc) is 2.58. The first kappa shape index (κ1) is 7.54. The number of Topliss-reactive ketones (excluding diaryl/α,β-unsaturated/α-hetero) is 1. The first-order chi connectivity index (χ1) is 6.20. The Labute approximate surface area is 76.1 Å². The minimum absolute atomic E-state index is 0.0182. The monoisotopic (exact) mass is 180 g/mol. The van der Waals surface area contributed by atoms with Gasteiger partial charge in [0, 0.05) is 5.92 Å². The van der Waals surface area contributed by atoms with Gasteiger partial charge in [0.15, 0.2) is 5.78 Å². The molecule has 3 aliphatic rings. The predicted molar refractivity (Wildman–Crippen MR) is 43.9 cm³/mol. The second-order valence-electron chi connectivity index (χ2n) is 4.65. The highest BCUT2D eigenvalue weighted by Crippen LogP contribution is 2.61. The van der Waals surface area contributed by atoms with E-state index in [4.69, 9.17) is 5.11 Å². The first-order valence-electron chi connectivity index (χ1n) is 4.96. The van der Waals surface area contributed by atoms with Gasteiger partial charge in [-0.1, -0.05) is 0 Å². The van der Waals surface area contributed by atoms with Gasteiger partial charge in [-0.3, -0.25) is 9.59 Å². The molecule has 70 valence electrons. The molecule has 13 heavy (non-hydrogen) atoms. The summed E-state index contributed by atoms with van der Waals surface area (Å²) in [6, 6.07) is 0.